The van der Waals surface area contributed by atoms with Crippen molar-refractivity contribution in [1.82, 2.24) is 5.32 Å². The standard InChI is InChI=1S/C28H31NO3/c1-2-25-27(31-20-23-14-8-4-9-15-23)28(32-21-24-16-10-5-11-17-24)26(18-29-25)30-19-22-12-6-3-7-13-22/h2-17,25-29H,1,18-21H2/t25-,26-,27-,28-/m1/s1. The molecule has 1 aliphatic heterocycles. The van der Waals surface area contributed by atoms with E-state index in [-0.39, 0.29) is 24.4 Å². The Morgan fingerprint density at radius 3 is 1.56 bits per heavy atom. The first-order valence-corrected chi connectivity index (χ1v) is 11.2. The van der Waals surface area contributed by atoms with Gasteiger partial charge >= 0.3 is 0 Å². The SMILES string of the molecule is C=C[C@H]1NC[C@@H](OCc2ccccc2)[C@@H](OCc2ccccc2)[C@@H]1OCc1ccccc1. The van der Waals surface area contributed by atoms with Crippen molar-refractivity contribution in [3.8, 4) is 0 Å². The molecule has 1 N–H and O–H groups in total. The predicted molar refractivity (Wildman–Crippen MR) is 127 cm³/mol. The normalized spacial score (nSPS) is 23.0. The third kappa shape index (κ3) is 6.15. The Labute approximate surface area is 190 Å². The monoisotopic (exact) mass is 429 g/mol. The van der Waals surface area contributed by atoms with E-state index < -0.39 is 0 Å². The van der Waals surface area contributed by atoms with E-state index in [0.29, 0.717) is 26.4 Å². The maximum absolute atomic E-state index is 6.47. The minimum Gasteiger partial charge on any atom is -0.369 e. The van der Waals surface area contributed by atoms with Crippen LogP contribution < -0.4 is 5.32 Å². The lowest BCUT2D eigenvalue weighted by atomic mass is 9.95. The predicted octanol–water partition coefficient (Wildman–Crippen LogP) is 4.90. The highest BCUT2D eigenvalue weighted by Crippen LogP contribution is 2.24. The van der Waals surface area contributed by atoms with Crippen molar-refractivity contribution in [3.05, 3.63) is 120 Å². The molecule has 0 radical (unpaired) electrons. The molecule has 1 saturated heterocycles. The maximum atomic E-state index is 6.47. The average Bonchev–Trinajstić information content (AvgIpc) is 2.87. The second-order valence-corrected chi connectivity index (χ2v) is 8.03. The van der Waals surface area contributed by atoms with Gasteiger partial charge in [-0.3, -0.25) is 0 Å². The summed E-state index contributed by atoms with van der Waals surface area (Å²) in [6, 6.07) is 30.6. The number of rotatable bonds is 10. The average molecular weight is 430 g/mol. The molecule has 32 heavy (non-hydrogen) atoms. The van der Waals surface area contributed by atoms with Gasteiger partial charge in [0.05, 0.1) is 32.0 Å². The van der Waals surface area contributed by atoms with E-state index in [2.05, 4.69) is 48.3 Å². The summed E-state index contributed by atoms with van der Waals surface area (Å²) in [6.07, 6.45) is 1.32. The lowest BCUT2D eigenvalue weighted by Gasteiger charge is -2.42. The molecular formula is C28H31NO3. The molecule has 1 aliphatic rings. The van der Waals surface area contributed by atoms with Crippen LogP contribution in [-0.2, 0) is 34.0 Å². The van der Waals surface area contributed by atoms with Crippen molar-refractivity contribution in [3.63, 3.8) is 0 Å². The molecule has 4 nitrogen and oxygen atoms in total. The van der Waals surface area contributed by atoms with Gasteiger partial charge in [0, 0.05) is 6.54 Å². The Kier molecular flexibility index (Phi) is 8.23. The molecule has 4 rings (SSSR count). The summed E-state index contributed by atoms with van der Waals surface area (Å²) < 4.78 is 19.2. The largest absolute Gasteiger partial charge is 0.369 e. The second-order valence-electron chi connectivity index (χ2n) is 8.03. The van der Waals surface area contributed by atoms with Gasteiger partial charge < -0.3 is 19.5 Å². The summed E-state index contributed by atoms with van der Waals surface area (Å²) in [4.78, 5) is 0. The van der Waals surface area contributed by atoms with Crippen LogP contribution in [0.15, 0.2) is 104 Å². The number of hydrogen-bond acceptors (Lipinski definition) is 4. The zero-order valence-electron chi connectivity index (χ0n) is 18.3. The molecule has 4 heteroatoms. The van der Waals surface area contributed by atoms with Crippen LogP contribution in [0.25, 0.3) is 0 Å². The molecule has 0 spiro atoms. The molecule has 4 atom stereocenters. The molecular weight excluding hydrogens is 398 g/mol. The summed E-state index contributed by atoms with van der Waals surface area (Å²) in [6.45, 7) is 6.24. The van der Waals surface area contributed by atoms with Crippen molar-refractivity contribution in [1.29, 1.82) is 0 Å². The number of hydrogen-bond donors (Lipinski definition) is 1. The van der Waals surface area contributed by atoms with Gasteiger partial charge in [0.1, 0.15) is 12.2 Å². The molecule has 3 aromatic rings. The van der Waals surface area contributed by atoms with E-state index in [1.165, 1.54) is 0 Å². The summed E-state index contributed by atoms with van der Waals surface area (Å²) in [5, 5.41) is 3.52. The molecule has 3 aromatic carbocycles. The molecule has 1 fully saturated rings. The summed E-state index contributed by atoms with van der Waals surface area (Å²) in [5.41, 5.74) is 3.40. The van der Waals surface area contributed by atoms with Crippen LogP contribution in [0.5, 0.6) is 0 Å². The third-order valence-electron chi connectivity index (χ3n) is 5.73. The van der Waals surface area contributed by atoms with Crippen LogP contribution in [0.2, 0.25) is 0 Å². The van der Waals surface area contributed by atoms with E-state index in [9.17, 15) is 0 Å². The van der Waals surface area contributed by atoms with Crippen molar-refractivity contribution >= 4 is 0 Å². The Hall–Kier alpha value is -2.76. The molecule has 0 aromatic heterocycles. The van der Waals surface area contributed by atoms with E-state index in [1.54, 1.807) is 0 Å². The number of nitrogens with one attached hydrogen (secondary N) is 1. The van der Waals surface area contributed by atoms with Crippen molar-refractivity contribution in [2.24, 2.45) is 0 Å². The van der Waals surface area contributed by atoms with Gasteiger partial charge in [-0.1, -0.05) is 97.1 Å². The Bertz CT molecular complexity index is 933. The molecule has 1 heterocycles. The highest BCUT2D eigenvalue weighted by Gasteiger charge is 2.40. The van der Waals surface area contributed by atoms with Gasteiger partial charge in [-0.25, -0.2) is 0 Å². The molecule has 0 amide bonds. The minimum absolute atomic E-state index is 0.0175. The smallest absolute Gasteiger partial charge is 0.113 e. The van der Waals surface area contributed by atoms with E-state index in [4.69, 9.17) is 14.2 Å². The number of ether oxygens (including phenoxy) is 3. The molecule has 0 bridgehead atoms. The van der Waals surface area contributed by atoms with E-state index >= 15 is 0 Å². The fraction of sp³-hybridized carbons (Fsp3) is 0.286. The van der Waals surface area contributed by atoms with Gasteiger partial charge in [0.25, 0.3) is 0 Å². The summed E-state index contributed by atoms with van der Waals surface area (Å²) in [7, 11) is 0. The second kappa shape index (κ2) is 11.7. The van der Waals surface area contributed by atoms with Crippen molar-refractivity contribution < 1.29 is 14.2 Å². The fourth-order valence-corrected chi connectivity index (χ4v) is 3.98. The van der Waals surface area contributed by atoms with Crippen LogP contribution in [0.1, 0.15) is 16.7 Å². The zero-order chi connectivity index (χ0) is 22.0. The summed E-state index contributed by atoms with van der Waals surface area (Å²) >= 11 is 0. The van der Waals surface area contributed by atoms with Crippen molar-refractivity contribution in [2.45, 2.75) is 44.2 Å². The quantitative estimate of drug-likeness (QED) is 0.465. The summed E-state index contributed by atoms with van der Waals surface area (Å²) in [5.74, 6) is 0. The molecule has 0 saturated carbocycles. The fourth-order valence-electron chi connectivity index (χ4n) is 3.98. The van der Waals surface area contributed by atoms with Gasteiger partial charge in [0.2, 0.25) is 0 Å². The lowest BCUT2D eigenvalue weighted by molar-refractivity contribution is -0.170. The molecule has 166 valence electrons. The minimum atomic E-state index is -0.230. The number of piperidine rings is 1. The Balaban J connectivity index is 1.49. The van der Waals surface area contributed by atoms with E-state index in [1.807, 2.05) is 60.7 Å². The lowest BCUT2D eigenvalue weighted by Crippen LogP contribution is -2.61. The van der Waals surface area contributed by atoms with Gasteiger partial charge in [-0.15, -0.1) is 6.58 Å². The Morgan fingerprint density at radius 2 is 1.09 bits per heavy atom. The zero-order valence-corrected chi connectivity index (χ0v) is 18.3. The maximum Gasteiger partial charge on any atom is 0.113 e. The van der Waals surface area contributed by atoms with E-state index in [0.717, 1.165) is 16.7 Å². The topological polar surface area (TPSA) is 39.7 Å². The first-order chi connectivity index (χ1) is 15.8. The number of benzene rings is 3. The van der Waals surface area contributed by atoms with Crippen LogP contribution >= 0.6 is 0 Å². The van der Waals surface area contributed by atoms with Gasteiger partial charge in [-0.05, 0) is 16.7 Å². The first-order valence-electron chi connectivity index (χ1n) is 11.2. The van der Waals surface area contributed by atoms with Gasteiger partial charge in [-0.2, -0.15) is 0 Å². The highest BCUT2D eigenvalue weighted by molar-refractivity contribution is 5.16. The van der Waals surface area contributed by atoms with Crippen LogP contribution in [0.3, 0.4) is 0 Å². The van der Waals surface area contributed by atoms with Crippen LogP contribution in [-0.4, -0.2) is 30.9 Å². The van der Waals surface area contributed by atoms with Crippen molar-refractivity contribution in [2.75, 3.05) is 6.54 Å². The Morgan fingerprint density at radius 1 is 0.656 bits per heavy atom. The molecule has 0 unspecified atom stereocenters. The first kappa shape index (κ1) is 22.4. The van der Waals surface area contributed by atoms with Crippen LogP contribution in [0, 0.1) is 0 Å². The molecule has 0 aliphatic carbocycles. The third-order valence-corrected chi connectivity index (χ3v) is 5.73. The van der Waals surface area contributed by atoms with Crippen LogP contribution in [0.4, 0.5) is 0 Å². The highest BCUT2D eigenvalue weighted by atomic mass is 16.6. The van der Waals surface area contributed by atoms with Gasteiger partial charge in [0.15, 0.2) is 0 Å².